The number of fused-ring (bicyclic) bond motifs is 1. The summed E-state index contributed by atoms with van der Waals surface area (Å²) in [6, 6.07) is 26.3. The van der Waals surface area contributed by atoms with Crippen LogP contribution in [0.1, 0.15) is 5.69 Å². The molecule has 3 heterocycles. The molecule has 31 heavy (non-hydrogen) atoms. The van der Waals surface area contributed by atoms with Gasteiger partial charge in [-0.25, -0.2) is 0 Å². The van der Waals surface area contributed by atoms with E-state index in [1.165, 1.54) is 10.7 Å². The van der Waals surface area contributed by atoms with Crippen molar-refractivity contribution in [3.05, 3.63) is 96.7 Å². The van der Waals surface area contributed by atoms with Gasteiger partial charge in [0.15, 0.2) is 0 Å². The van der Waals surface area contributed by atoms with E-state index in [9.17, 15) is 0 Å². The van der Waals surface area contributed by atoms with Crippen molar-refractivity contribution in [2.45, 2.75) is 6.92 Å². The molecular weight excluding hydrogens is 399 g/mol. The Morgan fingerprint density at radius 2 is 1.71 bits per heavy atom. The molecule has 0 spiro atoms. The van der Waals surface area contributed by atoms with E-state index in [-0.39, 0.29) is 0 Å². The fourth-order valence-electron chi connectivity index (χ4n) is 3.70. The summed E-state index contributed by atoms with van der Waals surface area (Å²) in [5.74, 6) is 2.07. The molecule has 4 nitrogen and oxygen atoms in total. The van der Waals surface area contributed by atoms with Gasteiger partial charge in [-0.05, 0) is 0 Å². The number of rotatable bonds is 3. The summed E-state index contributed by atoms with van der Waals surface area (Å²) in [6.45, 7) is 4.11. The Bertz CT molecular complexity index is 1390. The van der Waals surface area contributed by atoms with Crippen LogP contribution in [0.4, 0.5) is 5.69 Å². The number of aromatic nitrogens is 3. The maximum absolute atomic E-state index is 5.67. The number of anilines is 1. The molecule has 1 N–H and O–H groups in total. The zero-order valence-corrected chi connectivity index (χ0v) is 17.8. The van der Waals surface area contributed by atoms with Crippen molar-refractivity contribution in [3.63, 3.8) is 0 Å². The van der Waals surface area contributed by atoms with Gasteiger partial charge in [0.2, 0.25) is 0 Å². The topological polar surface area (TPSA) is 42.7 Å². The number of thiocarbonyl (C=S) groups is 1. The molecule has 0 saturated heterocycles. The second-order valence-electron chi connectivity index (χ2n) is 7.32. The van der Waals surface area contributed by atoms with E-state index >= 15 is 0 Å². The van der Waals surface area contributed by atoms with Gasteiger partial charge < -0.3 is 0 Å². The van der Waals surface area contributed by atoms with Gasteiger partial charge in [-0.15, -0.1) is 0 Å². The van der Waals surface area contributed by atoms with E-state index in [1.807, 2.05) is 61.7 Å². The third kappa shape index (κ3) is 3.90. The first-order valence-corrected chi connectivity index (χ1v) is 10.5. The Balaban J connectivity index is 1.66. The number of pyridine rings is 1. The number of benzene rings is 2. The first-order chi connectivity index (χ1) is 15.2. The molecule has 5 rings (SSSR count). The predicted molar refractivity (Wildman–Crippen MR) is 133 cm³/mol. The maximum atomic E-state index is 5.67. The molecule has 0 saturated carbocycles. The second-order valence-corrected chi connectivity index (χ2v) is 7.71. The molecule has 6 heteroatoms. The van der Waals surface area contributed by atoms with Gasteiger partial charge in [-0.3, -0.25) is 0 Å². The van der Waals surface area contributed by atoms with Crippen molar-refractivity contribution in [2.75, 3.05) is 5.32 Å². The standard InChI is InChI=1S/C25H19BN4S/c1-17-8-7-13-23(27-17)24-21(19-14-15-26-22-12-6-5-11-20(19)22)16-30(29-24)25(31)28-18-9-3-2-4-10-18/h2-16H,1H3,(H,28,31). The third-order valence-corrected chi connectivity index (χ3v) is 5.45. The van der Waals surface area contributed by atoms with Crippen LogP contribution in [0, 0.1) is 6.92 Å². The van der Waals surface area contributed by atoms with Crippen LogP contribution >= 0.6 is 12.2 Å². The van der Waals surface area contributed by atoms with Crippen LogP contribution in [0.3, 0.4) is 0 Å². The van der Waals surface area contributed by atoms with Crippen molar-refractivity contribution in [1.29, 1.82) is 0 Å². The van der Waals surface area contributed by atoms with E-state index in [0.29, 0.717) is 5.11 Å². The molecule has 0 amide bonds. The molecule has 0 radical (unpaired) electrons. The van der Waals surface area contributed by atoms with Gasteiger partial charge in [0, 0.05) is 0 Å². The minimum atomic E-state index is 0.506. The average Bonchev–Trinajstić information content (AvgIpc) is 3.25. The zero-order valence-electron chi connectivity index (χ0n) is 17.0. The molecule has 0 unspecified atom stereocenters. The molecule has 0 aliphatic carbocycles. The molecule has 0 bridgehead atoms. The Hall–Kier alpha value is -3.64. The predicted octanol–water partition coefficient (Wildman–Crippen LogP) is 5.66. The number of hydrogen-bond acceptors (Lipinski definition) is 3. The second kappa shape index (κ2) is 8.24. The minimum absolute atomic E-state index is 0.506. The van der Waals surface area contributed by atoms with E-state index in [0.717, 1.165) is 33.9 Å². The van der Waals surface area contributed by atoms with Crippen LogP contribution in [0.25, 0.3) is 33.2 Å². The van der Waals surface area contributed by atoms with Gasteiger partial charge in [0.05, 0.1) is 0 Å². The Morgan fingerprint density at radius 1 is 0.903 bits per heavy atom. The van der Waals surface area contributed by atoms with Crippen LogP contribution in [0.15, 0.2) is 91.0 Å². The molecule has 5 aromatic rings. The molecule has 0 atom stereocenters. The van der Waals surface area contributed by atoms with Crippen LogP contribution < -0.4 is 5.32 Å². The van der Waals surface area contributed by atoms with E-state index in [1.54, 1.807) is 4.68 Å². The third-order valence-electron chi connectivity index (χ3n) is 5.16. The summed E-state index contributed by atoms with van der Waals surface area (Å²) in [5.41, 5.74) is 5.59. The van der Waals surface area contributed by atoms with Gasteiger partial charge in [-0.1, -0.05) is 0 Å². The summed E-state index contributed by atoms with van der Waals surface area (Å²) in [6.07, 6.45) is 1.99. The average molecular weight is 418 g/mol. The fraction of sp³-hybridized carbons (Fsp3) is 0.0400. The van der Waals surface area contributed by atoms with Gasteiger partial charge in [0.25, 0.3) is 0 Å². The Labute approximate surface area is 186 Å². The normalized spacial score (nSPS) is 10.7. The fourth-order valence-corrected chi connectivity index (χ4v) is 3.91. The molecule has 0 aliphatic rings. The quantitative estimate of drug-likeness (QED) is 0.384. The first-order valence-electron chi connectivity index (χ1n) is 10.1. The van der Waals surface area contributed by atoms with E-state index in [4.69, 9.17) is 22.3 Å². The summed E-state index contributed by atoms with van der Waals surface area (Å²) in [4.78, 5) is 4.73. The number of nitrogens with zero attached hydrogens (tertiary/aromatic N) is 3. The SMILES string of the molecule is Cc1cccc(-c2nn(C(=S)Nc3ccccc3)cc2-c2ccbc3ccccc23)n1. The van der Waals surface area contributed by atoms with Gasteiger partial charge in [0.1, 0.15) is 0 Å². The van der Waals surface area contributed by atoms with Crippen molar-refractivity contribution in [1.82, 2.24) is 14.8 Å². The first kappa shape index (κ1) is 19.3. The van der Waals surface area contributed by atoms with Gasteiger partial charge in [-0.2, -0.15) is 0 Å². The number of aryl methyl sites for hydroxylation is 1. The molecule has 0 fully saturated rings. The summed E-state index contributed by atoms with van der Waals surface area (Å²) in [7, 11) is 0. The van der Waals surface area contributed by atoms with E-state index < -0.39 is 0 Å². The molecule has 148 valence electrons. The van der Waals surface area contributed by atoms with Crippen LogP contribution in [-0.2, 0) is 0 Å². The molecule has 2 aromatic carbocycles. The monoisotopic (exact) mass is 418 g/mol. The van der Waals surface area contributed by atoms with Crippen molar-refractivity contribution in [3.8, 4) is 22.5 Å². The number of nitrogens with one attached hydrogen (secondary N) is 1. The number of para-hydroxylation sites is 1. The van der Waals surface area contributed by atoms with Crippen LogP contribution in [0.2, 0.25) is 0 Å². The summed E-state index contributed by atoms with van der Waals surface area (Å²) in [5, 5.41) is 11.0. The van der Waals surface area contributed by atoms with Crippen molar-refractivity contribution >= 4 is 40.6 Å². The van der Waals surface area contributed by atoms with Crippen LogP contribution in [0.5, 0.6) is 0 Å². The van der Waals surface area contributed by atoms with Crippen molar-refractivity contribution in [2.24, 2.45) is 0 Å². The Morgan fingerprint density at radius 3 is 2.55 bits per heavy atom. The summed E-state index contributed by atoms with van der Waals surface area (Å²) >= 11 is 5.67. The van der Waals surface area contributed by atoms with E-state index in [2.05, 4.69) is 48.5 Å². The zero-order chi connectivity index (χ0) is 21.2. The van der Waals surface area contributed by atoms with Gasteiger partial charge >= 0.3 is 187 Å². The molecule has 3 aromatic heterocycles. The number of hydrogen-bond donors (Lipinski definition) is 1. The molecular formula is C25H19BN4S. The Kier molecular flexibility index (Phi) is 5.14. The summed E-state index contributed by atoms with van der Waals surface area (Å²) < 4.78 is 1.72. The van der Waals surface area contributed by atoms with Crippen LogP contribution in [-0.4, -0.2) is 26.8 Å². The van der Waals surface area contributed by atoms with Crippen molar-refractivity contribution < 1.29 is 0 Å². The molecule has 0 aliphatic heterocycles.